The Labute approximate surface area is 302 Å². The van der Waals surface area contributed by atoms with E-state index in [1.165, 1.54) is 0 Å². The van der Waals surface area contributed by atoms with Gasteiger partial charge in [0, 0.05) is 6.42 Å². The van der Waals surface area contributed by atoms with Gasteiger partial charge in [0.2, 0.25) is 0 Å². The molecule has 0 heterocycles. The molecular formula is C20H8F35O4P. The molecule has 0 atom stereocenters. The number of phosphoric ester groups is 1. The second-order valence-corrected chi connectivity index (χ2v) is 12.5. The van der Waals surface area contributed by atoms with Crippen LogP contribution in [0.3, 0.4) is 0 Å². The van der Waals surface area contributed by atoms with Gasteiger partial charge < -0.3 is 9.79 Å². The van der Waals surface area contributed by atoms with Gasteiger partial charge in [0.1, 0.15) is 0 Å². The highest BCUT2D eigenvalue weighted by Gasteiger charge is 3.02. The second-order valence-electron chi connectivity index (χ2n) is 11.2. The Morgan fingerprint density at radius 2 is 0.467 bits per heavy atom. The Hall–Kier alpha value is -2.34. The van der Waals surface area contributed by atoms with Gasteiger partial charge >= 0.3 is 109 Å². The zero-order valence-corrected chi connectivity index (χ0v) is 26.9. The number of phosphoric acid groups is 1. The lowest BCUT2D eigenvalue weighted by atomic mass is 9.82. The maximum atomic E-state index is 14.0. The molecule has 40 heteroatoms. The van der Waals surface area contributed by atoms with Crippen molar-refractivity contribution >= 4 is 7.82 Å². The Morgan fingerprint density at radius 3 is 0.633 bits per heavy atom. The predicted octanol–water partition coefficient (Wildman–Crippen LogP) is 11.6. The minimum atomic E-state index is -10.4. The smallest absolute Gasteiger partial charge is 0.303 e. The molecule has 0 aliphatic rings. The van der Waals surface area contributed by atoms with Gasteiger partial charge in [-0.1, -0.05) is 0 Å². The Balaban J connectivity index is 7.62. The Morgan fingerprint density at radius 1 is 0.300 bits per heavy atom. The van der Waals surface area contributed by atoms with Crippen molar-refractivity contribution in [3.05, 3.63) is 0 Å². The largest absolute Gasteiger partial charge is 0.469 e. The first-order chi connectivity index (χ1) is 25.2. The van der Waals surface area contributed by atoms with Crippen LogP contribution >= 0.6 is 7.82 Å². The van der Waals surface area contributed by atoms with Crippen LogP contribution < -0.4 is 0 Å². The van der Waals surface area contributed by atoms with Gasteiger partial charge in [-0.3, -0.25) is 4.52 Å². The number of alkyl halides is 35. The highest BCUT2D eigenvalue weighted by molar-refractivity contribution is 7.46. The van der Waals surface area contributed by atoms with Crippen LogP contribution in [0.25, 0.3) is 0 Å². The molecule has 0 aromatic carbocycles. The third-order valence-electron chi connectivity index (χ3n) is 7.23. The van der Waals surface area contributed by atoms with Crippen molar-refractivity contribution in [3.63, 3.8) is 0 Å². The summed E-state index contributed by atoms with van der Waals surface area (Å²) in [4.78, 5) is 16.4. The van der Waals surface area contributed by atoms with Crippen molar-refractivity contribution in [2.45, 2.75) is 114 Å². The van der Waals surface area contributed by atoms with Crippen LogP contribution in [0.15, 0.2) is 0 Å². The van der Waals surface area contributed by atoms with Gasteiger partial charge in [0.05, 0.1) is 6.61 Å². The zero-order chi connectivity index (χ0) is 49.8. The molecule has 0 saturated heterocycles. The monoisotopic (exact) mass is 1010 g/mol. The molecule has 0 aliphatic carbocycles. The van der Waals surface area contributed by atoms with E-state index in [9.17, 15) is 158 Å². The first-order valence-electron chi connectivity index (χ1n) is 13.0. The van der Waals surface area contributed by atoms with Crippen LogP contribution in [-0.2, 0) is 9.09 Å². The molecule has 0 amide bonds. The molecule has 0 spiro atoms. The third kappa shape index (κ3) is 7.33. The fraction of sp³-hybridized carbons (Fsp3) is 1.00. The molecule has 60 heavy (non-hydrogen) atoms. The fourth-order valence-electron chi connectivity index (χ4n) is 3.61. The molecule has 0 radical (unpaired) electrons. The maximum absolute atomic E-state index is 14.0. The summed E-state index contributed by atoms with van der Waals surface area (Å²) in [6.45, 7) is -2.06. The first-order valence-corrected chi connectivity index (χ1v) is 14.6. The van der Waals surface area contributed by atoms with E-state index in [2.05, 4.69) is 4.52 Å². The molecule has 0 fully saturated rings. The predicted molar refractivity (Wildman–Crippen MR) is 112 cm³/mol. The van der Waals surface area contributed by atoms with Crippen LogP contribution in [0.1, 0.15) is 12.8 Å². The van der Waals surface area contributed by atoms with E-state index in [1.54, 1.807) is 0 Å². The van der Waals surface area contributed by atoms with E-state index in [0.29, 0.717) is 0 Å². The highest BCUT2D eigenvalue weighted by atomic mass is 31.2. The summed E-state index contributed by atoms with van der Waals surface area (Å²) in [6, 6.07) is 0. The lowest BCUT2D eigenvalue weighted by molar-refractivity contribution is -0.492. The number of hydrogen-bond acceptors (Lipinski definition) is 2. The fourth-order valence-corrected chi connectivity index (χ4v) is 3.97. The Kier molecular flexibility index (Phi) is 14.0. The molecule has 0 aromatic rings. The summed E-state index contributed by atoms with van der Waals surface area (Å²) in [5.74, 6) is -155. The summed E-state index contributed by atoms with van der Waals surface area (Å²) in [5, 5.41) is 0. The SMILES string of the molecule is O=P(O)(O)OCCCC(F)(F)C(F)(F)C(F)(F)C(F)(F)C(F)(F)C(F)(F)C(F)(F)C(F)(F)C(F)(F)C(F)(F)C(F)(F)C(F)(F)C(F)(F)C(F)(F)C(F)(F)C(F)(F)C(F)(F)F. The molecule has 0 rings (SSSR count). The lowest BCUT2D eigenvalue weighted by Crippen LogP contribution is -2.80. The number of halogens is 35. The van der Waals surface area contributed by atoms with E-state index in [-0.39, 0.29) is 0 Å². The molecule has 362 valence electrons. The standard InChI is InChI=1S/C20H8F35O4P/c21-4(22,2-1-3-59-60(56,57)58)5(23,24)6(25,26)7(27,28)8(29,30)9(31,32)10(33,34)11(35,36)12(37,38)13(39,40)14(41,42)15(43,44)16(45,46)17(47,48)18(49,50)19(51,52)20(53,54)55/h1-3H2,(H2,56,57,58). The van der Waals surface area contributed by atoms with Crippen molar-refractivity contribution in [2.24, 2.45) is 0 Å². The third-order valence-corrected chi connectivity index (χ3v) is 7.75. The highest BCUT2D eigenvalue weighted by Crippen LogP contribution is 2.70. The Bertz CT molecular complexity index is 1590. The van der Waals surface area contributed by atoms with Crippen molar-refractivity contribution < 1.29 is 173 Å². The van der Waals surface area contributed by atoms with Crippen LogP contribution in [0.5, 0.6) is 0 Å². The van der Waals surface area contributed by atoms with Gasteiger partial charge in [-0.25, -0.2) is 4.57 Å². The summed E-state index contributed by atoms with van der Waals surface area (Å²) in [5.41, 5.74) is 0. The van der Waals surface area contributed by atoms with Gasteiger partial charge in [0.25, 0.3) is 0 Å². The first kappa shape index (κ1) is 57.7. The van der Waals surface area contributed by atoms with Crippen molar-refractivity contribution in [1.82, 2.24) is 0 Å². The van der Waals surface area contributed by atoms with Crippen LogP contribution in [-0.4, -0.2) is 117 Å². The molecule has 0 bridgehead atoms. The summed E-state index contributed by atoms with van der Waals surface area (Å²) >= 11 is 0. The molecule has 0 aliphatic heterocycles. The maximum Gasteiger partial charge on any atom is 0.469 e. The summed E-state index contributed by atoms with van der Waals surface area (Å²) in [7, 11) is -5.83. The van der Waals surface area contributed by atoms with E-state index in [1.807, 2.05) is 0 Å². The van der Waals surface area contributed by atoms with E-state index < -0.39 is 128 Å². The molecule has 2 N–H and O–H groups in total. The topological polar surface area (TPSA) is 66.8 Å². The average molecular weight is 1010 g/mol. The van der Waals surface area contributed by atoms with Crippen LogP contribution in [0.4, 0.5) is 154 Å². The van der Waals surface area contributed by atoms with E-state index in [0.717, 1.165) is 0 Å². The van der Waals surface area contributed by atoms with E-state index >= 15 is 0 Å². The van der Waals surface area contributed by atoms with Crippen LogP contribution in [0, 0.1) is 0 Å². The number of rotatable bonds is 20. The van der Waals surface area contributed by atoms with Crippen molar-refractivity contribution in [2.75, 3.05) is 6.61 Å². The van der Waals surface area contributed by atoms with Gasteiger partial charge in [-0.15, -0.1) is 0 Å². The molecule has 0 saturated carbocycles. The summed E-state index contributed by atoms with van der Waals surface area (Å²) in [6.07, 6.45) is -14.0. The van der Waals surface area contributed by atoms with E-state index in [4.69, 9.17) is 9.79 Å². The second kappa shape index (κ2) is 14.6. The van der Waals surface area contributed by atoms with Crippen molar-refractivity contribution in [1.29, 1.82) is 0 Å². The summed E-state index contributed by atoms with van der Waals surface area (Å²) < 4.78 is 490. The number of hydrogen-bond donors (Lipinski definition) is 2. The molecule has 4 nitrogen and oxygen atoms in total. The minimum absolute atomic E-state index is 2.06. The quantitative estimate of drug-likeness (QED) is 0.0725. The molecular weight excluding hydrogens is 1000 g/mol. The normalized spacial score (nSPS) is 17.1. The minimum Gasteiger partial charge on any atom is -0.303 e. The van der Waals surface area contributed by atoms with Gasteiger partial charge in [0.15, 0.2) is 0 Å². The van der Waals surface area contributed by atoms with Gasteiger partial charge in [-0.2, -0.15) is 154 Å². The average Bonchev–Trinajstić information content (AvgIpc) is 3.00. The zero-order valence-electron chi connectivity index (χ0n) is 26.0. The lowest BCUT2D eigenvalue weighted by Gasteiger charge is -2.47. The van der Waals surface area contributed by atoms with Crippen molar-refractivity contribution in [3.8, 4) is 0 Å². The van der Waals surface area contributed by atoms with Crippen LogP contribution in [0.2, 0.25) is 0 Å². The molecule has 0 aromatic heterocycles. The van der Waals surface area contributed by atoms with Gasteiger partial charge in [-0.05, 0) is 6.42 Å². The molecule has 0 unspecified atom stereocenters.